The predicted octanol–water partition coefficient (Wildman–Crippen LogP) is 1.33. The van der Waals surface area contributed by atoms with Crippen LogP contribution >= 0.6 is 0 Å². The number of ether oxygens (including phenoxy) is 1. The van der Waals surface area contributed by atoms with Gasteiger partial charge in [-0.3, -0.25) is 9.59 Å². The number of carbonyl (C=O) groups excluding carboxylic acids is 2. The molecule has 1 amide bonds. The first-order valence-electron chi connectivity index (χ1n) is 6.00. The molecule has 2 rings (SSSR count). The first-order chi connectivity index (χ1) is 8.65. The lowest BCUT2D eigenvalue weighted by atomic mass is 10.1. The molecule has 5 heteroatoms. The van der Waals surface area contributed by atoms with E-state index in [4.69, 9.17) is 10.5 Å². The highest BCUT2D eigenvalue weighted by Crippen LogP contribution is 2.31. The topological polar surface area (TPSA) is 81.4 Å². The highest BCUT2D eigenvalue weighted by atomic mass is 16.5. The summed E-state index contributed by atoms with van der Waals surface area (Å²) in [6, 6.07) is 5.04. The number of Topliss-reactive ketones (excluding diaryl/α,β-unsaturated/α-hetero) is 1. The number of hydrogen-bond acceptors (Lipinski definition) is 4. The van der Waals surface area contributed by atoms with Crippen LogP contribution in [0.15, 0.2) is 18.2 Å². The minimum atomic E-state index is -0.455. The lowest BCUT2D eigenvalue weighted by Gasteiger charge is -2.25. The first kappa shape index (κ1) is 12.6. The first-order valence-corrected chi connectivity index (χ1v) is 6.00. The van der Waals surface area contributed by atoms with Gasteiger partial charge in [-0.1, -0.05) is 6.92 Å². The second-order valence-corrected chi connectivity index (χ2v) is 4.18. The third kappa shape index (κ3) is 2.36. The summed E-state index contributed by atoms with van der Waals surface area (Å²) in [7, 11) is 0. The van der Waals surface area contributed by atoms with Gasteiger partial charge < -0.3 is 15.8 Å². The predicted molar refractivity (Wildman–Crippen MR) is 67.8 cm³/mol. The largest absolute Gasteiger partial charge is 0.478 e. The molecule has 96 valence electrons. The molecule has 1 aliphatic heterocycles. The molecular formula is C13H16N2O3. The molecule has 5 nitrogen and oxygen atoms in total. The molecule has 1 atom stereocenters. The molecule has 3 N–H and O–H groups in total. The highest BCUT2D eigenvalue weighted by molar-refractivity contribution is 6.01. The van der Waals surface area contributed by atoms with E-state index >= 15 is 0 Å². The zero-order valence-corrected chi connectivity index (χ0v) is 10.2. The zero-order chi connectivity index (χ0) is 13.1. The maximum Gasteiger partial charge on any atom is 0.265 e. The molecule has 0 saturated heterocycles. The fourth-order valence-corrected chi connectivity index (χ4v) is 1.87. The Hall–Kier alpha value is -1.88. The molecular weight excluding hydrogens is 232 g/mol. The van der Waals surface area contributed by atoms with Gasteiger partial charge in [0.05, 0.1) is 5.69 Å². The van der Waals surface area contributed by atoms with Crippen LogP contribution in [-0.2, 0) is 4.79 Å². The summed E-state index contributed by atoms with van der Waals surface area (Å²) in [5.41, 5.74) is 6.44. The standard InChI is InChI=1S/C13H16N2O3/c1-2-11-13(17)15-9-7-8(10(16)5-6-14)3-4-12(9)18-11/h3-4,7,11H,2,5-6,14H2,1H3,(H,15,17). The second-order valence-electron chi connectivity index (χ2n) is 4.18. The van der Waals surface area contributed by atoms with Crippen LogP contribution in [0.1, 0.15) is 30.1 Å². The van der Waals surface area contributed by atoms with Gasteiger partial charge in [-0.05, 0) is 31.2 Å². The van der Waals surface area contributed by atoms with E-state index < -0.39 is 6.10 Å². The van der Waals surface area contributed by atoms with Crippen molar-refractivity contribution in [3.63, 3.8) is 0 Å². The van der Waals surface area contributed by atoms with Crippen molar-refractivity contribution in [1.29, 1.82) is 0 Å². The number of anilines is 1. The molecule has 0 aromatic heterocycles. The summed E-state index contributed by atoms with van der Waals surface area (Å²) < 4.78 is 5.54. The van der Waals surface area contributed by atoms with E-state index in [0.29, 0.717) is 36.4 Å². The third-order valence-electron chi connectivity index (χ3n) is 2.86. The average molecular weight is 248 g/mol. The third-order valence-corrected chi connectivity index (χ3v) is 2.86. The summed E-state index contributed by atoms with van der Waals surface area (Å²) in [6.45, 7) is 2.20. The van der Waals surface area contributed by atoms with Crippen molar-refractivity contribution < 1.29 is 14.3 Å². The summed E-state index contributed by atoms with van der Waals surface area (Å²) >= 11 is 0. The summed E-state index contributed by atoms with van der Waals surface area (Å²) in [6.07, 6.45) is 0.452. The Kier molecular flexibility index (Phi) is 3.62. The van der Waals surface area contributed by atoms with Gasteiger partial charge >= 0.3 is 0 Å². The van der Waals surface area contributed by atoms with Gasteiger partial charge in [0.15, 0.2) is 11.9 Å². The Morgan fingerprint density at radius 3 is 2.94 bits per heavy atom. The Balaban J connectivity index is 2.26. The number of carbonyl (C=O) groups is 2. The van der Waals surface area contributed by atoms with Crippen LogP contribution < -0.4 is 15.8 Å². The Bertz CT molecular complexity index is 485. The molecule has 1 heterocycles. The molecule has 0 radical (unpaired) electrons. The number of amides is 1. The minimum Gasteiger partial charge on any atom is -0.478 e. The van der Waals surface area contributed by atoms with Crippen LogP contribution in [0.2, 0.25) is 0 Å². The molecule has 1 unspecified atom stereocenters. The Morgan fingerprint density at radius 2 is 2.28 bits per heavy atom. The number of nitrogens with two attached hydrogens (primary N) is 1. The minimum absolute atomic E-state index is 0.0350. The van der Waals surface area contributed by atoms with Crippen LogP contribution in [0.4, 0.5) is 5.69 Å². The van der Waals surface area contributed by atoms with Crippen molar-refractivity contribution in [3.8, 4) is 5.75 Å². The fraction of sp³-hybridized carbons (Fsp3) is 0.385. The normalized spacial score (nSPS) is 17.7. The van der Waals surface area contributed by atoms with Gasteiger partial charge in [0.1, 0.15) is 5.75 Å². The number of ketones is 1. The van der Waals surface area contributed by atoms with Crippen molar-refractivity contribution in [2.45, 2.75) is 25.9 Å². The molecule has 0 aliphatic carbocycles. The van der Waals surface area contributed by atoms with Crippen LogP contribution in [0.3, 0.4) is 0 Å². The van der Waals surface area contributed by atoms with Crippen LogP contribution in [-0.4, -0.2) is 24.3 Å². The molecule has 1 aromatic rings. The van der Waals surface area contributed by atoms with Gasteiger partial charge in [-0.2, -0.15) is 0 Å². The molecule has 0 fully saturated rings. The van der Waals surface area contributed by atoms with Gasteiger partial charge in [0.2, 0.25) is 0 Å². The number of hydrogen-bond donors (Lipinski definition) is 2. The number of nitrogens with one attached hydrogen (secondary N) is 1. The maximum absolute atomic E-state index is 11.7. The summed E-state index contributed by atoms with van der Waals surface area (Å²) in [4.78, 5) is 23.4. The molecule has 0 bridgehead atoms. The number of fused-ring (bicyclic) bond motifs is 1. The van der Waals surface area contributed by atoms with Crippen molar-refractivity contribution in [3.05, 3.63) is 23.8 Å². The van der Waals surface area contributed by atoms with Crippen LogP contribution in [0.5, 0.6) is 5.75 Å². The second kappa shape index (κ2) is 5.18. The highest BCUT2D eigenvalue weighted by Gasteiger charge is 2.26. The van der Waals surface area contributed by atoms with Crippen molar-refractivity contribution in [2.75, 3.05) is 11.9 Å². The van der Waals surface area contributed by atoms with Gasteiger partial charge in [-0.15, -0.1) is 0 Å². The van der Waals surface area contributed by atoms with Gasteiger partial charge in [-0.25, -0.2) is 0 Å². The van der Waals surface area contributed by atoms with Crippen LogP contribution in [0.25, 0.3) is 0 Å². The zero-order valence-electron chi connectivity index (χ0n) is 10.2. The molecule has 0 saturated carbocycles. The van der Waals surface area contributed by atoms with E-state index in [0.717, 1.165) is 0 Å². The summed E-state index contributed by atoms with van der Waals surface area (Å²) in [5, 5.41) is 2.75. The monoisotopic (exact) mass is 248 g/mol. The Labute approximate surface area is 105 Å². The van der Waals surface area contributed by atoms with Gasteiger partial charge in [0, 0.05) is 12.0 Å². The van der Waals surface area contributed by atoms with Crippen molar-refractivity contribution in [2.24, 2.45) is 5.73 Å². The van der Waals surface area contributed by atoms with Crippen molar-refractivity contribution in [1.82, 2.24) is 0 Å². The molecule has 1 aliphatic rings. The van der Waals surface area contributed by atoms with E-state index in [1.165, 1.54) is 0 Å². The summed E-state index contributed by atoms with van der Waals surface area (Å²) in [5.74, 6) is 0.395. The quantitative estimate of drug-likeness (QED) is 0.787. The van der Waals surface area contributed by atoms with Crippen molar-refractivity contribution >= 4 is 17.4 Å². The van der Waals surface area contributed by atoms with E-state index in [9.17, 15) is 9.59 Å². The van der Waals surface area contributed by atoms with E-state index in [-0.39, 0.29) is 11.7 Å². The Morgan fingerprint density at radius 1 is 1.50 bits per heavy atom. The average Bonchev–Trinajstić information content (AvgIpc) is 2.37. The SMILES string of the molecule is CCC1Oc2ccc(C(=O)CCN)cc2NC1=O. The van der Waals surface area contributed by atoms with E-state index in [1.54, 1.807) is 18.2 Å². The fourth-order valence-electron chi connectivity index (χ4n) is 1.87. The van der Waals surface area contributed by atoms with E-state index in [2.05, 4.69) is 5.32 Å². The number of rotatable bonds is 4. The molecule has 0 spiro atoms. The lowest BCUT2D eigenvalue weighted by Crippen LogP contribution is -2.36. The smallest absolute Gasteiger partial charge is 0.265 e. The van der Waals surface area contributed by atoms with E-state index in [1.807, 2.05) is 6.92 Å². The number of benzene rings is 1. The molecule has 1 aromatic carbocycles. The van der Waals surface area contributed by atoms with Gasteiger partial charge in [0.25, 0.3) is 5.91 Å². The molecule has 18 heavy (non-hydrogen) atoms. The maximum atomic E-state index is 11.7. The van der Waals surface area contributed by atoms with Crippen LogP contribution in [0, 0.1) is 0 Å². The lowest BCUT2D eigenvalue weighted by molar-refractivity contribution is -0.123.